The Labute approximate surface area is 118 Å². The van der Waals surface area contributed by atoms with Crippen molar-refractivity contribution < 1.29 is 18.3 Å². The molecule has 0 saturated heterocycles. The van der Waals surface area contributed by atoms with E-state index in [0.717, 1.165) is 6.07 Å². The summed E-state index contributed by atoms with van der Waals surface area (Å²) in [7, 11) is -3.80. The highest BCUT2D eigenvalue weighted by Gasteiger charge is 2.20. The molecule has 0 atom stereocenters. The first-order chi connectivity index (χ1) is 9.27. The Bertz CT molecular complexity index is 609. The smallest absolute Gasteiger partial charge is 0.335 e. The minimum Gasteiger partial charge on any atom is -0.478 e. The zero-order valence-corrected chi connectivity index (χ0v) is 12.2. The third kappa shape index (κ3) is 4.07. The van der Waals surface area contributed by atoms with Gasteiger partial charge in [0.25, 0.3) is 0 Å². The van der Waals surface area contributed by atoms with E-state index < -0.39 is 16.0 Å². The number of rotatable bonds is 7. The number of carbonyl (C=O) groups is 1. The van der Waals surface area contributed by atoms with Gasteiger partial charge in [0.15, 0.2) is 0 Å². The van der Waals surface area contributed by atoms with Crippen molar-refractivity contribution in [3.8, 4) is 0 Å². The molecule has 1 rings (SSSR count). The molecule has 0 aromatic heterocycles. The van der Waals surface area contributed by atoms with Crippen LogP contribution in [0.15, 0.2) is 35.7 Å². The maximum absolute atomic E-state index is 12.2. The lowest BCUT2D eigenvalue weighted by Crippen LogP contribution is -2.25. The van der Waals surface area contributed by atoms with Crippen molar-refractivity contribution in [3.05, 3.63) is 36.4 Å². The molecule has 0 saturated carbocycles. The molecule has 0 aliphatic heterocycles. The van der Waals surface area contributed by atoms with E-state index in [-0.39, 0.29) is 23.0 Å². The fraction of sp³-hybridized carbons (Fsp3) is 0.308. The molecular formula is C13H18N2O4S. The van der Waals surface area contributed by atoms with E-state index in [1.54, 1.807) is 0 Å². The molecule has 1 aromatic carbocycles. The van der Waals surface area contributed by atoms with Crippen LogP contribution in [0.25, 0.3) is 0 Å². The van der Waals surface area contributed by atoms with Gasteiger partial charge in [-0.05, 0) is 32.0 Å². The molecule has 20 heavy (non-hydrogen) atoms. The minimum atomic E-state index is -3.80. The summed E-state index contributed by atoms with van der Waals surface area (Å²) in [6.45, 7) is 7.23. The lowest BCUT2D eigenvalue weighted by Gasteiger charge is -2.15. The number of hydrogen-bond donors (Lipinski definition) is 3. The molecule has 0 fully saturated rings. The van der Waals surface area contributed by atoms with E-state index in [9.17, 15) is 13.2 Å². The van der Waals surface area contributed by atoms with Crippen LogP contribution in [0.2, 0.25) is 0 Å². The number of sulfonamides is 1. The van der Waals surface area contributed by atoms with E-state index in [4.69, 9.17) is 5.11 Å². The molecule has 0 amide bonds. The highest BCUT2D eigenvalue weighted by molar-refractivity contribution is 7.89. The zero-order chi connectivity index (χ0) is 15.3. The van der Waals surface area contributed by atoms with Gasteiger partial charge in [-0.25, -0.2) is 17.9 Å². The molecule has 0 bridgehead atoms. The van der Waals surface area contributed by atoms with Crippen molar-refractivity contribution >= 4 is 21.7 Å². The second kappa shape index (κ2) is 6.53. The highest BCUT2D eigenvalue weighted by atomic mass is 32.2. The highest BCUT2D eigenvalue weighted by Crippen LogP contribution is 2.23. The average molecular weight is 298 g/mol. The largest absolute Gasteiger partial charge is 0.478 e. The fourth-order valence-electron chi connectivity index (χ4n) is 1.55. The van der Waals surface area contributed by atoms with E-state index in [1.165, 1.54) is 18.2 Å². The number of nitrogens with one attached hydrogen (secondary N) is 2. The summed E-state index contributed by atoms with van der Waals surface area (Å²) in [5, 5.41) is 12.0. The summed E-state index contributed by atoms with van der Waals surface area (Å²) < 4.78 is 26.7. The summed E-state index contributed by atoms with van der Waals surface area (Å²) in [6, 6.07) is 3.96. The second-order valence-electron chi connectivity index (χ2n) is 4.46. The number of anilines is 1. The Morgan fingerprint density at radius 1 is 1.45 bits per heavy atom. The van der Waals surface area contributed by atoms with Gasteiger partial charge in [0.2, 0.25) is 10.0 Å². The SMILES string of the molecule is C=CCNS(=O)(=O)c1cc(C(=O)O)ccc1NC(C)C. The fourth-order valence-corrected chi connectivity index (χ4v) is 2.75. The molecule has 0 heterocycles. The van der Waals surface area contributed by atoms with Crippen molar-refractivity contribution in [2.24, 2.45) is 0 Å². The van der Waals surface area contributed by atoms with Gasteiger partial charge < -0.3 is 10.4 Å². The van der Waals surface area contributed by atoms with Gasteiger partial charge >= 0.3 is 5.97 Å². The molecule has 0 aliphatic rings. The predicted molar refractivity (Wildman–Crippen MR) is 77.5 cm³/mol. The number of aromatic carboxylic acids is 1. The van der Waals surface area contributed by atoms with Gasteiger partial charge in [0, 0.05) is 12.6 Å². The standard InChI is InChI=1S/C13H18N2O4S/c1-4-7-14-20(18,19)12-8-10(13(16)17)5-6-11(12)15-9(2)3/h4-6,8-9,14-15H,1,7H2,2-3H3,(H,16,17). The lowest BCUT2D eigenvalue weighted by atomic mass is 10.2. The summed E-state index contributed by atoms with van der Waals surface area (Å²) in [5.41, 5.74) is 0.278. The predicted octanol–water partition coefficient (Wildman–Crippen LogP) is 1.67. The van der Waals surface area contributed by atoms with Gasteiger partial charge in [-0.2, -0.15) is 0 Å². The summed E-state index contributed by atoms with van der Waals surface area (Å²) in [5.74, 6) is -1.18. The summed E-state index contributed by atoms with van der Waals surface area (Å²) in [6.07, 6.45) is 1.41. The number of hydrogen-bond acceptors (Lipinski definition) is 4. The van der Waals surface area contributed by atoms with Crippen LogP contribution in [-0.4, -0.2) is 32.1 Å². The molecule has 7 heteroatoms. The Balaban J connectivity index is 3.34. The van der Waals surface area contributed by atoms with Crippen molar-refractivity contribution in [3.63, 3.8) is 0 Å². The Hall–Kier alpha value is -1.86. The third-order valence-electron chi connectivity index (χ3n) is 2.38. The molecule has 0 radical (unpaired) electrons. The molecule has 1 aromatic rings. The molecule has 0 spiro atoms. The van der Waals surface area contributed by atoms with Crippen molar-refractivity contribution in [1.29, 1.82) is 0 Å². The Morgan fingerprint density at radius 2 is 2.10 bits per heavy atom. The monoisotopic (exact) mass is 298 g/mol. The van der Waals surface area contributed by atoms with Crippen LogP contribution in [0.5, 0.6) is 0 Å². The second-order valence-corrected chi connectivity index (χ2v) is 6.19. The maximum atomic E-state index is 12.2. The van der Waals surface area contributed by atoms with Gasteiger partial charge in [0.1, 0.15) is 4.90 Å². The van der Waals surface area contributed by atoms with Gasteiger partial charge in [-0.1, -0.05) is 6.08 Å². The van der Waals surface area contributed by atoms with E-state index in [1.807, 2.05) is 13.8 Å². The van der Waals surface area contributed by atoms with Crippen LogP contribution >= 0.6 is 0 Å². The quantitative estimate of drug-likeness (QED) is 0.665. The van der Waals surface area contributed by atoms with Crippen molar-refractivity contribution in [2.75, 3.05) is 11.9 Å². The van der Waals surface area contributed by atoms with Crippen molar-refractivity contribution in [1.82, 2.24) is 4.72 Å². The molecule has 110 valence electrons. The van der Waals surface area contributed by atoms with Crippen LogP contribution in [0.1, 0.15) is 24.2 Å². The van der Waals surface area contributed by atoms with Crippen LogP contribution in [0.3, 0.4) is 0 Å². The van der Waals surface area contributed by atoms with Crippen LogP contribution in [0.4, 0.5) is 5.69 Å². The molecule has 0 unspecified atom stereocenters. The van der Waals surface area contributed by atoms with Gasteiger partial charge in [-0.15, -0.1) is 6.58 Å². The summed E-state index contributed by atoms with van der Waals surface area (Å²) in [4.78, 5) is 10.9. The van der Waals surface area contributed by atoms with Crippen molar-refractivity contribution in [2.45, 2.75) is 24.8 Å². The average Bonchev–Trinajstić information content (AvgIpc) is 2.35. The van der Waals surface area contributed by atoms with E-state index in [2.05, 4.69) is 16.6 Å². The molecule has 0 aliphatic carbocycles. The Kier molecular flexibility index (Phi) is 5.29. The Morgan fingerprint density at radius 3 is 2.60 bits per heavy atom. The first-order valence-corrected chi connectivity index (χ1v) is 7.50. The molecular weight excluding hydrogens is 280 g/mol. The van der Waals surface area contributed by atoms with Gasteiger partial charge in [-0.3, -0.25) is 0 Å². The van der Waals surface area contributed by atoms with Crippen LogP contribution < -0.4 is 10.0 Å². The third-order valence-corrected chi connectivity index (χ3v) is 3.84. The minimum absolute atomic E-state index is 0.0130. The topological polar surface area (TPSA) is 95.5 Å². The summed E-state index contributed by atoms with van der Waals surface area (Å²) >= 11 is 0. The number of benzene rings is 1. The lowest BCUT2D eigenvalue weighted by molar-refractivity contribution is 0.0696. The van der Waals surface area contributed by atoms with E-state index >= 15 is 0 Å². The normalized spacial score (nSPS) is 11.3. The number of carboxylic acids is 1. The first-order valence-electron chi connectivity index (χ1n) is 6.02. The van der Waals surface area contributed by atoms with E-state index in [0.29, 0.717) is 5.69 Å². The molecule has 3 N–H and O–H groups in total. The van der Waals surface area contributed by atoms with Crippen LogP contribution in [-0.2, 0) is 10.0 Å². The van der Waals surface area contributed by atoms with Crippen LogP contribution in [0, 0.1) is 0 Å². The maximum Gasteiger partial charge on any atom is 0.335 e. The number of carboxylic acid groups (broad SMARTS) is 1. The zero-order valence-electron chi connectivity index (χ0n) is 11.4. The van der Waals surface area contributed by atoms with Gasteiger partial charge in [0.05, 0.1) is 11.3 Å². The molecule has 6 nitrogen and oxygen atoms in total. The first kappa shape index (κ1) is 16.2.